The maximum Gasteiger partial charge on any atom is 0.337 e. The normalized spacial score (nSPS) is 10.3. The molecule has 7 nitrogen and oxygen atoms in total. The average Bonchev–Trinajstić information content (AvgIpc) is 2.65. The van der Waals surface area contributed by atoms with E-state index >= 15 is 0 Å². The molecule has 26 heavy (non-hydrogen) atoms. The van der Waals surface area contributed by atoms with Gasteiger partial charge in [0.15, 0.2) is 5.11 Å². The number of hydrazone groups is 1. The van der Waals surface area contributed by atoms with Crippen LogP contribution in [0.2, 0.25) is 0 Å². The SMILES string of the molecule is COC(=O)c1cccc(OCCOc2cccc(C=NNC(N)=S)c2)c1. The maximum atomic E-state index is 11.5. The molecular weight excluding hydrogens is 354 g/mol. The number of nitrogens with one attached hydrogen (secondary N) is 1. The summed E-state index contributed by atoms with van der Waals surface area (Å²) in [4.78, 5) is 11.5. The molecule has 0 saturated carbocycles. The summed E-state index contributed by atoms with van der Waals surface area (Å²) in [6.45, 7) is 0.667. The summed E-state index contributed by atoms with van der Waals surface area (Å²) in [6, 6.07) is 14.1. The Kier molecular flexibility index (Phi) is 7.38. The summed E-state index contributed by atoms with van der Waals surface area (Å²) in [7, 11) is 1.34. The number of rotatable bonds is 8. The number of hydrogen-bond donors (Lipinski definition) is 2. The summed E-state index contributed by atoms with van der Waals surface area (Å²) < 4.78 is 15.9. The Labute approximate surface area is 156 Å². The lowest BCUT2D eigenvalue weighted by molar-refractivity contribution is 0.0600. The molecule has 3 N–H and O–H groups in total. The standard InChI is InChI=1S/C18H19N3O4S/c1-23-17(22)14-5-3-7-16(11-14)25-9-8-24-15-6-2-4-13(10-15)12-20-21-18(19)26/h2-7,10-12H,8-9H2,1H3,(H3,19,21,26). The summed E-state index contributed by atoms with van der Waals surface area (Å²) in [6.07, 6.45) is 1.58. The summed E-state index contributed by atoms with van der Waals surface area (Å²) >= 11 is 4.67. The predicted molar refractivity (Wildman–Crippen MR) is 103 cm³/mol. The lowest BCUT2D eigenvalue weighted by Gasteiger charge is -2.09. The second-order valence-corrected chi connectivity index (χ2v) is 5.46. The minimum absolute atomic E-state index is 0.0991. The average molecular weight is 373 g/mol. The Bertz CT molecular complexity index is 796. The van der Waals surface area contributed by atoms with Crippen LogP contribution in [0.1, 0.15) is 15.9 Å². The van der Waals surface area contributed by atoms with E-state index in [-0.39, 0.29) is 5.11 Å². The molecule has 0 aromatic heterocycles. The highest BCUT2D eigenvalue weighted by molar-refractivity contribution is 7.80. The van der Waals surface area contributed by atoms with Crippen molar-refractivity contribution in [3.63, 3.8) is 0 Å². The first-order chi connectivity index (χ1) is 12.6. The Balaban J connectivity index is 1.82. The molecule has 2 aromatic carbocycles. The molecule has 0 aliphatic heterocycles. The number of thiocarbonyl (C=S) groups is 1. The van der Waals surface area contributed by atoms with E-state index in [9.17, 15) is 4.79 Å². The summed E-state index contributed by atoms with van der Waals surface area (Å²) in [5, 5.41) is 3.99. The number of benzene rings is 2. The third-order valence-electron chi connectivity index (χ3n) is 3.12. The Morgan fingerprint density at radius 2 is 1.81 bits per heavy atom. The van der Waals surface area contributed by atoms with Gasteiger partial charge in [-0.05, 0) is 48.1 Å². The molecule has 0 aliphatic rings. The van der Waals surface area contributed by atoms with E-state index in [1.807, 2.05) is 24.3 Å². The van der Waals surface area contributed by atoms with Gasteiger partial charge >= 0.3 is 5.97 Å². The van der Waals surface area contributed by atoms with Crippen molar-refractivity contribution in [2.75, 3.05) is 20.3 Å². The number of esters is 1. The van der Waals surface area contributed by atoms with Gasteiger partial charge in [-0.15, -0.1) is 0 Å². The smallest absolute Gasteiger partial charge is 0.337 e. The third-order valence-corrected chi connectivity index (χ3v) is 3.21. The van der Waals surface area contributed by atoms with Crippen LogP contribution >= 0.6 is 12.2 Å². The molecule has 0 atom stereocenters. The van der Waals surface area contributed by atoms with Crippen molar-refractivity contribution in [2.45, 2.75) is 0 Å². The number of carbonyl (C=O) groups is 1. The monoisotopic (exact) mass is 373 g/mol. The zero-order valence-corrected chi connectivity index (χ0v) is 15.0. The number of carbonyl (C=O) groups excluding carboxylic acids is 1. The topological polar surface area (TPSA) is 95.2 Å². The Hall–Kier alpha value is -3.13. The van der Waals surface area contributed by atoms with Crippen molar-refractivity contribution in [1.29, 1.82) is 0 Å². The molecule has 0 spiro atoms. The highest BCUT2D eigenvalue weighted by Gasteiger charge is 2.06. The van der Waals surface area contributed by atoms with Crippen molar-refractivity contribution in [1.82, 2.24) is 5.43 Å². The van der Waals surface area contributed by atoms with Crippen LogP contribution in [-0.2, 0) is 4.74 Å². The molecule has 0 unspecified atom stereocenters. The Morgan fingerprint density at radius 3 is 2.46 bits per heavy atom. The molecule has 8 heteroatoms. The highest BCUT2D eigenvalue weighted by Crippen LogP contribution is 2.15. The van der Waals surface area contributed by atoms with Gasteiger partial charge in [0.1, 0.15) is 24.7 Å². The van der Waals surface area contributed by atoms with Gasteiger partial charge in [-0.25, -0.2) is 4.79 Å². The Morgan fingerprint density at radius 1 is 1.15 bits per heavy atom. The van der Waals surface area contributed by atoms with Crippen LogP contribution in [0.25, 0.3) is 0 Å². The fraction of sp³-hybridized carbons (Fsp3) is 0.167. The second kappa shape index (κ2) is 10.00. The number of nitrogens with two attached hydrogens (primary N) is 1. The largest absolute Gasteiger partial charge is 0.490 e. The van der Waals surface area contributed by atoms with Crippen LogP contribution in [0.5, 0.6) is 11.5 Å². The van der Waals surface area contributed by atoms with Crippen LogP contribution < -0.4 is 20.6 Å². The molecule has 0 saturated heterocycles. The zero-order valence-electron chi connectivity index (χ0n) is 14.2. The molecule has 136 valence electrons. The fourth-order valence-corrected chi connectivity index (χ4v) is 2.06. The lowest BCUT2D eigenvalue weighted by atomic mass is 10.2. The van der Waals surface area contributed by atoms with Gasteiger partial charge in [0.05, 0.1) is 18.9 Å². The minimum Gasteiger partial charge on any atom is -0.490 e. The number of methoxy groups -OCH3 is 1. The van der Waals surface area contributed by atoms with Crippen molar-refractivity contribution < 1.29 is 19.0 Å². The van der Waals surface area contributed by atoms with Crippen molar-refractivity contribution >= 4 is 29.5 Å². The molecule has 0 amide bonds. The first-order valence-corrected chi connectivity index (χ1v) is 8.12. The molecule has 2 aromatic rings. The molecule has 0 heterocycles. The van der Waals surface area contributed by atoms with Crippen LogP contribution in [-0.4, -0.2) is 37.6 Å². The summed E-state index contributed by atoms with van der Waals surface area (Å²) in [5.74, 6) is 0.840. The van der Waals surface area contributed by atoms with Crippen LogP contribution in [0.4, 0.5) is 0 Å². The fourth-order valence-electron chi connectivity index (χ4n) is 2.00. The lowest BCUT2D eigenvalue weighted by Crippen LogP contribution is -2.23. The van der Waals surface area contributed by atoms with Crippen LogP contribution in [0.15, 0.2) is 53.6 Å². The molecule has 0 fully saturated rings. The maximum absolute atomic E-state index is 11.5. The molecule has 0 radical (unpaired) electrons. The van der Waals surface area contributed by atoms with Crippen molar-refractivity contribution in [3.8, 4) is 11.5 Å². The predicted octanol–water partition coefficient (Wildman–Crippen LogP) is 2.10. The zero-order chi connectivity index (χ0) is 18.8. The van der Waals surface area contributed by atoms with Gasteiger partial charge in [0.2, 0.25) is 0 Å². The van der Waals surface area contributed by atoms with Gasteiger partial charge in [0, 0.05) is 0 Å². The number of nitrogens with zero attached hydrogens (tertiary/aromatic N) is 1. The number of ether oxygens (including phenoxy) is 3. The van der Waals surface area contributed by atoms with E-state index in [0.717, 1.165) is 5.56 Å². The van der Waals surface area contributed by atoms with Gasteiger partial charge in [-0.1, -0.05) is 18.2 Å². The van der Waals surface area contributed by atoms with Gasteiger partial charge in [0.25, 0.3) is 0 Å². The van der Waals surface area contributed by atoms with E-state index in [1.165, 1.54) is 7.11 Å². The van der Waals surface area contributed by atoms with Gasteiger partial charge in [-0.3, -0.25) is 5.43 Å². The van der Waals surface area contributed by atoms with Gasteiger partial charge in [-0.2, -0.15) is 5.10 Å². The molecule has 0 aliphatic carbocycles. The molecule has 0 bridgehead atoms. The quantitative estimate of drug-likeness (QED) is 0.240. The summed E-state index contributed by atoms with van der Waals surface area (Å²) in [5.41, 5.74) is 9.04. The minimum atomic E-state index is -0.407. The molecule has 2 rings (SSSR count). The third kappa shape index (κ3) is 6.40. The van der Waals surface area contributed by atoms with Crippen LogP contribution in [0, 0.1) is 0 Å². The molecular formula is C18H19N3O4S. The highest BCUT2D eigenvalue weighted by atomic mass is 32.1. The van der Waals surface area contributed by atoms with Crippen LogP contribution in [0.3, 0.4) is 0 Å². The first kappa shape index (κ1) is 19.2. The van der Waals surface area contributed by atoms with Crippen molar-refractivity contribution in [3.05, 3.63) is 59.7 Å². The van der Waals surface area contributed by atoms with Crippen molar-refractivity contribution in [2.24, 2.45) is 10.8 Å². The van der Waals surface area contributed by atoms with Gasteiger partial charge < -0.3 is 19.9 Å². The van der Waals surface area contributed by atoms with E-state index < -0.39 is 5.97 Å². The van der Waals surface area contributed by atoms with E-state index in [2.05, 4.69) is 27.5 Å². The second-order valence-electron chi connectivity index (χ2n) is 5.02. The van der Waals surface area contributed by atoms with E-state index in [4.69, 9.17) is 15.2 Å². The van der Waals surface area contributed by atoms with E-state index in [0.29, 0.717) is 30.3 Å². The van der Waals surface area contributed by atoms with E-state index in [1.54, 1.807) is 30.5 Å². The first-order valence-electron chi connectivity index (χ1n) is 7.71. The number of hydrogen-bond acceptors (Lipinski definition) is 6.